The van der Waals surface area contributed by atoms with E-state index in [1.165, 1.54) is 19.3 Å². The van der Waals surface area contributed by atoms with Gasteiger partial charge in [0.05, 0.1) is 12.7 Å². The van der Waals surface area contributed by atoms with E-state index >= 15 is 0 Å². The minimum atomic E-state index is 0.384. The van der Waals surface area contributed by atoms with E-state index in [0.717, 1.165) is 32.3 Å². The molecule has 0 spiro atoms. The third-order valence-corrected chi connectivity index (χ3v) is 4.24. The quantitative estimate of drug-likeness (QED) is 0.789. The third-order valence-electron chi connectivity index (χ3n) is 4.24. The van der Waals surface area contributed by atoms with Crippen LogP contribution in [0, 0.1) is 5.41 Å². The molecule has 2 atom stereocenters. The van der Waals surface area contributed by atoms with Gasteiger partial charge in [-0.25, -0.2) is 0 Å². The predicted molar refractivity (Wildman–Crippen MR) is 66.7 cm³/mol. The average molecular weight is 226 g/mol. The Labute approximate surface area is 99.5 Å². The first-order valence-electron chi connectivity index (χ1n) is 6.64. The van der Waals surface area contributed by atoms with Crippen LogP contribution in [0.5, 0.6) is 0 Å². The van der Waals surface area contributed by atoms with Gasteiger partial charge in [0, 0.05) is 25.7 Å². The standard InChI is InChI=1S/C13H26N2O/c1-13(2)6-4-5-12(13)15-7-8-16-11(10-15)9-14-3/h11-12,14H,4-10H2,1-3H3. The normalized spacial score (nSPS) is 35.4. The van der Waals surface area contributed by atoms with E-state index in [1.807, 2.05) is 7.05 Å². The summed E-state index contributed by atoms with van der Waals surface area (Å²) in [5.74, 6) is 0. The maximum Gasteiger partial charge on any atom is 0.0826 e. The lowest BCUT2D eigenvalue weighted by Gasteiger charge is -2.42. The first kappa shape index (κ1) is 12.3. The Kier molecular flexibility index (Phi) is 3.88. The fraction of sp³-hybridized carbons (Fsp3) is 1.00. The van der Waals surface area contributed by atoms with Gasteiger partial charge in [-0.3, -0.25) is 4.90 Å². The molecule has 1 aliphatic carbocycles. The van der Waals surface area contributed by atoms with Gasteiger partial charge in [-0.1, -0.05) is 20.3 Å². The summed E-state index contributed by atoms with van der Waals surface area (Å²) in [5, 5.41) is 3.22. The highest BCUT2D eigenvalue weighted by atomic mass is 16.5. The van der Waals surface area contributed by atoms with Crippen LogP contribution in [-0.2, 0) is 4.74 Å². The maximum absolute atomic E-state index is 5.77. The van der Waals surface area contributed by atoms with Crippen molar-refractivity contribution in [3.05, 3.63) is 0 Å². The molecule has 0 amide bonds. The minimum absolute atomic E-state index is 0.384. The van der Waals surface area contributed by atoms with E-state index in [2.05, 4.69) is 24.1 Å². The van der Waals surface area contributed by atoms with Crippen LogP contribution in [-0.4, -0.2) is 50.3 Å². The second-order valence-corrected chi connectivity index (χ2v) is 5.94. The van der Waals surface area contributed by atoms with Crippen LogP contribution in [0.4, 0.5) is 0 Å². The van der Waals surface area contributed by atoms with Crippen LogP contribution in [0.3, 0.4) is 0 Å². The Hall–Kier alpha value is -0.120. The van der Waals surface area contributed by atoms with Crippen molar-refractivity contribution in [1.82, 2.24) is 10.2 Å². The van der Waals surface area contributed by atoms with E-state index in [9.17, 15) is 0 Å². The number of hydrogen-bond acceptors (Lipinski definition) is 3. The van der Waals surface area contributed by atoms with Crippen molar-refractivity contribution in [3.8, 4) is 0 Å². The second-order valence-electron chi connectivity index (χ2n) is 5.94. The highest BCUT2D eigenvalue weighted by Gasteiger charge is 2.39. The zero-order valence-corrected chi connectivity index (χ0v) is 11.0. The van der Waals surface area contributed by atoms with Gasteiger partial charge in [0.25, 0.3) is 0 Å². The lowest BCUT2D eigenvalue weighted by atomic mass is 9.86. The zero-order chi connectivity index (χ0) is 11.6. The molecule has 2 rings (SSSR count). The van der Waals surface area contributed by atoms with Crippen molar-refractivity contribution in [2.75, 3.05) is 33.3 Å². The number of likely N-dealkylation sites (N-methyl/N-ethyl adjacent to an activating group) is 1. The van der Waals surface area contributed by atoms with E-state index in [4.69, 9.17) is 4.74 Å². The molecule has 2 fully saturated rings. The molecule has 94 valence electrons. The van der Waals surface area contributed by atoms with Crippen molar-refractivity contribution in [2.24, 2.45) is 5.41 Å². The van der Waals surface area contributed by atoms with Crippen LogP contribution in [0.1, 0.15) is 33.1 Å². The van der Waals surface area contributed by atoms with Gasteiger partial charge in [-0.15, -0.1) is 0 Å². The molecule has 3 heteroatoms. The van der Waals surface area contributed by atoms with E-state index < -0.39 is 0 Å². The summed E-state index contributed by atoms with van der Waals surface area (Å²) in [6.45, 7) is 8.95. The number of rotatable bonds is 3. The van der Waals surface area contributed by atoms with Crippen LogP contribution < -0.4 is 5.32 Å². The Morgan fingerprint density at radius 1 is 1.44 bits per heavy atom. The summed E-state index contributed by atoms with van der Waals surface area (Å²) in [5.41, 5.74) is 0.502. The first-order valence-corrected chi connectivity index (χ1v) is 6.64. The topological polar surface area (TPSA) is 24.5 Å². The molecule has 0 aromatic carbocycles. The first-order chi connectivity index (χ1) is 7.63. The summed E-state index contributed by atoms with van der Waals surface area (Å²) < 4.78 is 5.77. The lowest BCUT2D eigenvalue weighted by molar-refractivity contribution is -0.0546. The molecule has 1 aliphatic heterocycles. The van der Waals surface area contributed by atoms with Crippen molar-refractivity contribution < 1.29 is 4.74 Å². The third kappa shape index (κ3) is 2.58. The van der Waals surface area contributed by atoms with E-state index in [-0.39, 0.29) is 0 Å². The number of nitrogens with zero attached hydrogens (tertiary/aromatic N) is 1. The van der Waals surface area contributed by atoms with Crippen LogP contribution in [0.15, 0.2) is 0 Å². The molecule has 16 heavy (non-hydrogen) atoms. The molecule has 1 saturated heterocycles. The Morgan fingerprint density at radius 3 is 2.88 bits per heavy atom. The molecule has 0 radical (unpaired) electrons. The van der Waals surface area contributed by atoms with E-state index in [0.29, 0.717) is 11.5 Å². The van der Waals surface area contributed by atoms with Crippen LogP contribution >= 0.6 is 0 Å². The largest absolute Gasteiger partial charge is 0.374 e. The number of ether oxygens (including phenoxy) is 1. The molecular formula is C13H26N2O. The molecule has 1 heterocycles. The molecule has 0 aromatic heterocycles. The monoisotopic (exact) mass is 226 g/mol. The van der Waals surface area contributed by atoms with Gasteiger partial charge in [0.1, 0.15) is 0 Å². The smallest absolute Gasteiger partial charge is 0.0826 e. The number of morpholine rings is 1. The van der Waals surface area contributed by atoms with E-state index in [1.54, 1.807) is 0 Å². The van der Waals surface area contributed by atoms with Gasteiger partial charge in [-0.2, -0.15) is 0 Å². The van der Waals surface area contributed by atoms with Gasteiger partial charge in [0.15, 0.2) is 0 Å². The summed E-state index contributed by atoms with van der Waals surface area (Å²) in [4.78, 5) is 2.67. The highest BCUT2D eigenvalue weighted by Crippen LogP contribution is 2.40. The van der Waals surface area contributed by atoms with Crippen molar-refractivity contribution >= 4 is 0 Å². The summed E-state index contributed by atoms with van der Waals surface area (Å²) in [6, 6.07) is 0.774. The van der Waals surface area contributed by atoms with Crippen molar-refractivity contribution in [1.29, 1.82) is 0 Å². The predicted octanol–water partition coefficient (Wildman–Crippen LogP) is 1.49. The molecule has 1 N–H and O–H groups in total. The Bertz CT molecular complexity index is 228. The number of nitrogens with one attached hydrogen (secondary N) is 1. The van der Waals surface area contributed by atoms with Crippen molar-refractivity contribution in [2.45, 2.75) is 45.3 Å². The van der Waals surface area contributed by atoms with Gasteiger partial charge in [-0.05, 0) is 25.3 Å². The fourth-order valence-electron chi connectivity index (χ4n) is 3.36. The lowest BCUT2D eigenvalue weighted by Crippen LogP contribution is -2.52. The molecule has 2 aliphatic rings. The fourth-order valence-corrected chi connectivity index (χ4v) is 3.36. The van der Waals surface area contributed by atoms with Crippen LogP contribution in [0.25, 0.3) is 0 Å². The molecule has 0 aromatic rings. The number of hydrogen-bond donors (Lipinski definition) is 1. The Balaban J connectivity index is 1.93. The van der Waals surface area contributed by atoms with Crippen LogP contribution in [0.2, 0.25) is 0 Å². The molecule has 1 saturated carbocycles. The summed E-state index contributed by atoms with van der Waals surface area (Å²) in [6.07, 6.45) is 4.53. The second kappa shape index (κ2) is 5.03. The molecule has 3 nitrogen and oxygen atoms in total. The zero-order valence-electron chi connectivity index (χ0n) is 11.0. The van der Waals surface area contributed by atoms with Crippen molar-refractivity contribution in [3.63, 3.8) is 0 Å². The molecule has 2 unspecified atom stereocenters. The van der Waals surface area contributed by atoms with Gasteiger partial charge in [0.2, 0.25) is 0 Å². The maximum atomic E-state index is 5.77. The average Bonchev–Trinajstić information content (AvgIpc) is 2.59. The molecule has 0 bridgehead atoms. The highest BCUT2D eigenvalue weighted by molar-refractivity contribution is 4.93. The summed E-state index contributed by atoms with van der Waals surface area (Å²) >= 11 is 0. The van der Waals surface area contributed by atoms with Gasteiger partial charge >= 0.3 is 0 Å². The van der Waals surface area contributed by atoms with Gasteiger partial charge < -0.3 is 10.1 Å². The molecular weight excluding hydrogens is 200 g/mol. The Morgan fingerprint density at radius 2 is 2.25 bits per heavy atom. The minimum Gasteiger partial charge on any atom is -0.374 e. The summed E-state index contributed by atoms with van der Waals surface area (Å²) in [7, 11) is 2.00. The SMILES string of the molecule is CNCC1CN(C2CCCC2(C)C)CCO1.